The van der Waals surface area contributed by atoms with Crippen LogP contribution in [0, 0.1) is 5.92 Å². The van der Waals surface area contributed by atoms with Crippen molar-refractivity contribution in [1.82, 2.24) is 5.32 Å². The molecule has 134 valence electrons. The number of amides is 1. The van der Waals surface area contributed by atoms with E-state index in [4.69, 9.17) is 4.74 Å². The van der Waals surface area contributed by atoms with Gasteiger partial charge in [-0.05, 0) is 36.1 Å². The van der Waals surface area contributed by atoms with Crippen LogP contribution in [0.3, 0.4) is 0 Å². The highest BCUT2D eigenvalue weighted by atomic mass is 16.5. The molecule has 0 saturated heterocycles. The molecule has 0 aromatic heterocycles. The van der Waals surface area contributed by atoms with E-state index in [1.54, 1.807) is 24.3 Å². The van der Waals surface area contributed by atoms with Crippen LogP contribution in [0.5, 0.6) is 0 Å². The molecule has 0 aliphatic heterocycles. The summed E-state index contributed by atoms with van der Waals surface area (Å²) in [6, 6.07) is 12.3. The van der Waals surface area contributed by atoms with Gasteiger partial charge in [0.15, 0.2) is 11.9 Å². The predicted molar refractivity (Wildman–Crippen MR) is 98.0 cm³/mol. The molecule has 0 fully saturated rings. The van der Waals surface area contributed by atoms with Gasteiger partial charge in [0, 0.05) is 17.7 Å². The van der Waals surface area contributed by atoms with Gasteiger partial charge in [-0.15, -0.1) is 0 Å². The number of rotatable bonds is 5. The number of ketones is 1. The van der Waals surface area contributed by atoms with Crippen molar-refractivity contribution in [2.24, 2.45) is 5.92 Å². The first kappa shape index (κ1) is 17.9. The van der Waals surface area contributed by atoms with Crippen molar-refractivity contribution in [2.75, 3.05) is 6.54 Å². The molecule has 0 bridgehead atoms. The predicted octanol–water partition coefficient (Wildman–Crippen LogP) is 3.22. The SMILES string of the molecule is CC(C)CNC(=O)[C@H](C)OC(=O)c1ccc2c(c1)C(=O)c1ccccc1-2. The summed E-state index contributed by atoms with van der Waals surface area (Å²) in [4.78, 5) is 36.8. The lowest BCUT2D eigenvalue weighted by Crippen LogP contribution is -2.37. The molecule has 0 radical (unpaired) electrons. The van der Waals surface area contributed by atoms with Gasteiger partial charge in [-0.25, -0.2) is 4.79 Å². The van der Waals surface area contributed by atoms with Gasteiger partial charge >= 0.3 is 5.97 Å². The number of ether oxygens (including phenoxy) is 1. The van der Waals surface area contributed by atoms with E-state index >= 15 is 0 Å². The highest BCUT2D eigenvalue weighted by molar-refractivity contribution is 6.22. The zero-order chi connectivity index (χ0) is 18.8. The molecule has 1 amide bonds. The molecule has 1 N–H and O–H groups in total. The molecule has 3 rings (SSSR count). The normalized spacial score (nSPS) is 13.2. The minimum atomic E-state index is -0.901. The van der Waals surface area contributed by atoms with E-state index in [9.17, 15) is 14.4 Å². The summed E-state index contributed by atoms with van der Waals surface area (Å²) in [7, 11) is 0. The number of carbonyl (C=O) groups excluding carboxylic acids is 3. The largest absolute Gasteiger partial charge is 0.449 e. The lowest BCUT2D eigenvalue weighted by molar-refractivity contribution is -0.129. The fourth-order valence-electron chi connectivity index (χ4n) is 2.89. The first-order chi connectivity index (χ1) is 12.4. The number of nitrogens with one attached hydrogen (secondary N) is 1. The van der Waals surface area contributed by atoms with Crippen LogP contribution in [-0.2, 0) is 9.53 Å². The second kappa shape index (κ2) is 7.12. The molecule has 0 heterocycles. The van der Waals surface area contributed by atoms with Gasteiger partial charge in [0.2, 0.25) is 0 Å². The Morgan fingerprint density at radius 3 is 2.31 bits per heavy atom. The van der Waals surface area contributed by atoms with Gasteiger partial charge < -0.3 is 10.1 Å². The van der Waals surface area contributed by atoms with Gasteiger partial charge in [-0.2, -0.15) is 0 Å². The van der Waals surface area contributed by atoms with Crippen LogP contribution in [0.15, 0.2) is 42.5 Å². The van der Waals surface area contributed by atoms with E-state index in [1.165, 1.54) is 6.92 Å². The Morgan fingerprint density at radius 2 is 1.62 bits per heavy atom. The van der Waals surface area contributed by atoms with E-state index in [0.29, 0.717) is 23.6 Å². The highest BCUT2D eigenvalue weighted by Crippen LogP contribution is 2.36. The molecule has 2 aromatic carbocycles. The highest BCUT2D eigenvalue weighted by Gasteiger charge is 2.28. The topological polar surface area (TPSA) is 72.5 Å². The summed E-state index contributed by atoms with van der Waals surface area (Å²) in [6.45, 7) is 6.02. The standard InChI is InChI=1S/C21H21NO4/c1-12(2)11-22-20(24)13(3)26-21(25)14-8-9-16-15-6-4-5-7-17(15)19(23)18(16)10-14/h4-10,12-13H,11H2,1-3H3,(H,22,24)/t13-/m0/s1. The number of fused-ring (bicyclic) bond motifs is 3. The lowest BCUT2D eigenvalue weighted by Gasteiger charge is -2.14. The number of hydrogen-bond acceptors (Lipinski definition) is 4. The summed E-state index contributed by atoms with van der Waals surface area (Å²) < 4.78 is 5.24. The molecule has 0 saturated carbocycles. The van der Waals surface area contributed by atoms with Gasteiger partial charge in [0.05, 0.1) is 5.56 Å². The Balaban J connectivity index is 1.74. The summed E-state index contributed by atoms with van der Waals surface area (Å²) in [5.41, 5.74) is 3.05. The molecule has 26 heavy (non-hydrogen) atoms. The smallest absolute Gasteiger partial charge is 0.338 e. The van der Waals surface area contributed by atoms with Crippen molar-refractivity contribution in [1.29, 1.82) is 0 Å². The fraction of sp³-hybridized carbons (Fsp3) is 0.286. The minimum Gasteiger partial charge on any atom is -0.449 e. The second-order valence-corrected chi connectivity index (χ2v) is 6.82. The second-order valence-electron chi connectivity index (χ2n) is 6.82. The van der Waals surface area contributed by atoms with Crippen LogP contribution in [-0.4, -0.2) is 30.3 Å². The Bertz CT molecular complexity index is 885. The van der Waals surface area contributed by atoms with Crippen molar-refractivity contribution in [3.05, 3.63) is 59.2 Å². The maximum atomic E-state index is 12.5. The van der Waals surface area contributed by atoms with E-state index in [0.717, 1.165) is 11.1 Å². The van der Waals surface area contributed by atoms with Gasteiger partial charge in [0.1, 0.15) is 0 Å². The Hall–Kier alpha value is -2.95. The third-order valence-electron chi connectivity index (χ3n) is 4.30. The van der Waals surface area contributed by atoms with Crippen molar-refractivity contribution >= 4 is 17.7 Å². The number of esters is 1. The zero-order valence-corrected chi connectivity index (χ0v) is 15.0. The quantitative estimate of drug-likeness (QED) is 0.717. The first-order valence-electron chi connectivity index (χ1n) is 8.65. The van der Waals surface area contributed by atoms with Crippen molar-refractivity contribution < 1.29 is 19.1 Å². The molecule has 5 nitrogen and oxygen atoms in total. The number of benzene rings is 2. The van der Waals surface area contributed by atoms with Crippen molar-refractivity contribution in [2.45, 2.75) is 26.9 Å². The molecular formula is C21H21NO4. The summed E-state index contributed by atoms with van der Waals surface area (Å²) in [5, 5.41) is 2.73. The maximum absolute atomic E-state index is 12.5. The summed E-state index contributed by atoms with van der Waals surface area (Å²) in [5.74, 6) is -0.750. The van der Waals surface area contributed by atoms with Crippen LogP contribution in [0.1, 0.15) is 47.1 Å². The molecular weight excluding hydrogens is 330 g/mol. The molecule has 0 unspecified atom stereocenters. The Labute approximate surface area is 152 Å². The van der Waals surface area contributed by atoms with E-state index in [-0.39, 0.29) is 17.3 Å². The number of hydrogen-bond donors (Lipinski definition) is 1. The number of carbonyl (C=O) groups is 3. The zero-order valence-electron chi connectivity index (χ0n) is 15.0. The molecule has 1 aliphatic rings. The summed E-state index contributed by atoms with van der Waals surface area (Å²) in [6.07, 6.45) is -0.901. The third kappa shape index (κ3) is 3.38. The van der Waals surface area contributed by atoms with Crippen molar-refractivity contribution in [3.63, 3.8) is 0 Å². The Kier molecular flexibility index (Phi) is 4.89. The average Bonchev–Trinajstić information content (AvgIpc) is 2.92. The van der Waals surface area contributed by atoms with E-state index < -0.39 is 12.1 Å². The fourth-order valence-corrected chi connectivity index (χ4v) is 2.89. The van der Waals surface area contributed by atoms with Crippen LogP contribution in [0.2, 0.25) is 0 Å². The molecule has 2 aromatic rings. The van der Waals surface area contributed by atoms with Crippen LogP contribution in [0.25, 0.3) is 11.1 Å². The Morgan fingerprint density at radius 1 is 0.962 bits per heavy atom. The molecule has 1 aliphatic carbocycles. The van der Waals surface area contributed by atoms with Crippen LogP contribution >= 0.6 is 0 Å². The van der Waals surface area contributed by atoms with E-state index in [1.807, 2.05) is 32.0 Å². The minimum absolute atomic E-state index is 0.104. The molecule has 1 atom stereocenters. The van der Waals surface area contributed by atoms with Crippen LogP contribution in [0.4, 0.5) is 0 Å². The average molecular weight is 351 g/mol. The van der Waals surface area contributed by atoms with Crippen LogP contribution < -0.4 is 5.32 Å². The molecule has 0 spiro atoms. The molecule has 5 heteroatoms. The lowest BCUT2D eigenvalue weighted by atomic mass is 10.0. The first-order valence-corrected chi connectivity index (χ1v) is 8.65. The van der Waals surface area contributed by atoms with E-state index in [2.05, 4.69) is 5.32 Å². The van der Waals surface area contributed by atoms with Gasteiger partial charge in [0.25, 0.3) is 5.91 Å². The summed E-state index contributed by atoms with van der Waals surface area (Å²) >= 11 is 0. The maximum Gasteiger partial charge on any atom is 0.338 e. The monoisotopic (exact) mass is 351 g/mol. The van der Waals surface area contributed by atoms with Gasteiger partial charge in [-0.3, -0.25) is 9.59 Å². The van der Waals surface area contributed by atoms with Gasteiger partial charge in [-0.1, -0.05) is 44.2 Å². The third-order valence-corrected chi connectivity index (χ3v) is 4.30. The van der Waals surface area contributed by atoms with Crippen molar-refractivity contribution in [3.8, 4) is 11.1 Å².